The SMILES string of the molecule is Cc1cc(C(=O)O[C@@H](C)c2nnc(-c3ccccc3)o2)c(C)s1. The summed E-state index contributed by atoms with van der Waals surface area (Å²) < 4.78 is 11.0. The predicted octanol–water partition coefficient (Wildman–Crippen LogP) is 4.33. The van der Waals surface area contributed by atoms with Gasteiger partial charge in [-0.1, -0.05) is 18.2 Å². The summed E-state index contributed by atoms with van der Waals surface area (Å²) >= 11 is 1.57. The third kappa shape index (κ3) is 3.32. The molecule has 118 valence electrons. The fourth-order valence-electron chi connectivity index (χ4n) is 2.20. The van der Waals surface area contributed by atoms with Gasteiger partial charge < -0.3 is 9.15 Å². The van der Waals surface area contributed by atoms with Crippen LogP contribution in [0, 0.1) is 13.8 Å². The van der Waals surface area contributed by atoms with E-state index in [0.29, 0.717) is 11.5 Å². The molecule has 6 heteroatoms. The first-order valence-electron chi connectivity index (χ1n) is 7.21. The maximum absolute atomic E-state index is 12.2. The van der Waals surface area contributed by atoms with Crippen LogP contribution in [0.3, 0.4) is 0 Å². The van der Waals surface area contributed by atoms with Gasteiger partial charge in [0.2, 0.25) is 5.89 Å². The molecule has 3 rings (SSSR count). The van der Waals surface area contributed by atoms with Crippen molar-refractivity contribution in [1.29, 1.82) is 0 Å². The fourth-order valence-corrected chi connectivity index (χ4v) is 3.12. The first kappa shape index (κ1) is 15.4. The smallest absolute Gasteiger partial charge is 0.340 e. The van der Waals surface area contributed by atoms with Crippen molar-refractivity contribution in [1.82, 2.24) is 10.2 Å². The van der Waals surface area contributed by atoms with E-state index in [-0.39, 0.29) is 11.9 Å². The Balaban J connectivity index is 1.74. The van der Waals surface area contributed by atoms with Crippen LogP contribution in [0.2, 0.25) is 0 Å². The summed E-state index contributed by atoms with van der Waals surface area (Å²) in [5.41, 5.74) is 1.41. The third-order valence-corrected chi connectivity index (χ3v) is 4.32. The number of esters is 1. The van der Waals surface area contributed by atoms with Crippen molar-refractivity contribution in [3.8, 4) is 11.5 Å². The minimum Gasteiger partial charge on any atom is -0.449 e. The number of carbonyl (C=O) groups excluding carboxylic acids is 1. The zero-order valence-corrected chi connectivity index (χ0v) is 13.9. The van der Waals surface area contributed by atoms with Gasteiger partial charge >= 0.3 is 5.97 Å². The number of benzene rings is 1. The molecule has 0 fully saturated rings. The summed E-state index contributed by atoms with van der Waals surface area (Å²) in [7, 11) is 0. The van der Waals surface area contributed by atoms with E-state index in [2.05, 4.69) is 10.2 Å². The molecule has 0 saturated carbocycles. The summed E-state index contributed by atoms with van der Waals surface area (Å²) in [6.07, 6.45) is -0.605. The molecule has 0 amide bonds. The van der Waals surface area contributed by atoms with Crippen LogP contribution in [-0.2, 0) is 4.74 Å². The van der Waals surface area contributed by atoms with Gasteiger partial charge in [0, 0.05) is 15.3 Å². The number of hydrogen-bond donors (Lipinski definition) is 0. The van der Waals surface area contributed by atoms with Gasteiger partial charge in [-0.25, -0.2) is 4.79 Å². The van der Waals surface area contributed by atoms with Gasteiger partial charge in [0.15, 0.2) is 6.10 Å². The summed E-state index contributed by atoms with van der Waals surface area (Å²) in [5, 5.41) is 7.98. The molecular formula is C17H16N2O3S. The quantitative estimate of drug-likeness (QED) is 0.667. The molecule has 1 atom stereocenters. The van der Waals surface area contributed by atoms with Crippen molar-refractivity contribution < 1.29 is 13.9 Å². The second-order valence-electron chi connectivity index (χ2n) is 5.19. The van der Waals surface area contributed by atoms with E-state index < -0.39 is 6.10 Å². The second-order valence-corrected chi connectivity index (χ2v) is 6.65. The van der Waals surface area contributed by atoms with Crippen molar-refractivity contribution in [2.24, 2.45) is 0 Å². The molecule has 0 bridgehead atoms. The van der Waals surface area contributed by atoms with E-state index >= 15 is 0 Å². The standard InChI is InChI=1S/C17H16N2O3S/c1-10-9-14(12(3)23-10)17(20)21-11(2)15-18-19-16(22-15)13-7-5-4-6-8-13/h4-9,11H,1-3H3/t11-/m0/s1. The van der Waals surface area contributed by atoms with Gasteiger partial charge in [0.05, 0.1) is 5.56 Å². The molecule has 0 saturated heterocycles. The minimum absolute atomic E-state index is 0.279. The molecular weight excluding hydrogens is 312 g/mol. The Labute approximate surface area is 137 Å². The minimum atomic E-state index is -0.605. The van der Waals surface area contributed by atoms with Gasteiger partial charge in [0.25, 0.3) is 5.89 Å². The Morgan fingerprint density at radius 3 is 2.61 bits per heavy atom. The van der Waals surface area contributed by atoms with Crippen LogP contribution in [0.5, 0.6) is 0 Å². The summed E-state index contributed by atoms with van der Waals surface area (Å²) in [6.45, 7) is 5.58. The van der Waals surface area contributed by atoms with Crippen LogP contribution in [0.15, 0.2) is 40.8 Å². The number of thiophene rings is 1. The Kier molecular flexibility index (Phi) is 4.25. The number of aromatic nitrogens is 2. The van der Waals surface area contributed by atoms with Gasteiger partial charge in [-0.15, -0.1) is 21.5 Å². The maximum atomic E-state index is 12.2. The Bertz CT molecular complexity index is 823. The van der Waals surface area contributed by atoms with Crippen LogP contribution in [0.1, 0.15) is 39.0 Å². The van der Waals surface area contributed by atoms with Crippen LogP contribution in [-0.4, -0.2) is 16.2 Å². The highest BCUT2D eigenvalue weighted by atomic mass is 32.1. The zero-order chi connectivity index (χ0) is 16.4. The van der Waals surface area contributed by atoms with Gasteiger partial charge in [-0.05, 0) is 39.0 Å². The molecule has 1 aromatic carbocycles. The third-order valence-electron chi connectivity index (χ3n) is 3.35. The van der Waals surface area contributed by atoms with Gasteiger partial charge in [0.1, 0.15) is 0 Å². The molecule has 0 aliphatic rings. The number of ether oxygens (including phenoxy) is 1. The first-order chi connectivity index (χ1) is 11.0. The first-order valence-corrected chi connectivity index (χ1v) is 8.03. The summed E-state index contributed by atoms with van der Waals surface area (Å²) in [6, 6.07) is 11.3. The van der Waals surface area contributed by atoms with Crippen molar-refractivity contribution in [2.75, 3.05) is 0 Å². The van der Waals surface area contributed by atoms with E-state index in [9.17, 15) is 4.79 Å². The number of hydrogen-bond acceptors (Lipinski definition) is 6. The molecule has 3 aromatic rings. The molecule has 5 nitrogen and oxygen atoms in total. The molecule has 2 heterocycles. The van der Waals surface area contributed by atoms with Gasteiger partial charge in [-0.3, -0.25) is 0 Å². The van der Waals surface area contributed by atoms with Crippen molar-refractivity contribution >= 4 is 17.3 Å². The number of aryl methyl sites for hydroxylation is 2. The molecule has 0 N–H and O–H groups in total. The largest absolute Gasteiger partial charge is 0.449 e. The monoisotopic (exact) mass is 328 g/mol. The Morgan fingerprint density at radius 2 is 1.96 bits per heavy atom. The van der Waals surface area contributed by atoms with Crippen LogP contribution in [0.4, 0.5) is 0 Å². The predicted molar refractivity (Wildman–Crippen MR) is 87.4 cm³/mol. The lowest BCUT2D eigenvalue weighted by molar-refractivity contribution is 0.0279. The Morgan fingerprint density at radius 1 is 1.22 bits per heavy atom. The molecule has 0 spiro atoms. The highest BCUT2D eigenvalue weighted by Crippen LogP contribution is 2.25. The molecule has 0 aliphatic carbocycles. The van der Waals surface area contributed by atoms with Gasteiger partial charge in [-0.2, -0.15) is 0 Å². The van der Waals surface area contributed by atoms with Crippen molar-refractivity contribution in [3.05, 3.63) is 57.6 Å². The lowest BCUT2D eigenvalue weighted by Crippen LogP contribution is -2.09. The van der Waals surface area contributed by atoms with Crippen LogP contribution in [0.25, 0.3) is 11.5 Å². The molecule has 0 aliphatic heterocycles. The van der Waals surface area contributed by atoms with E-state index in [4.69, 9.17) is 9.15 Å². The lowest BCUT2D eigenvalue weighted by Gasteiger charge is -2.08. The van der Waals surface area contributed by atoms with E-state index in [1.807, 2.05) is 50.2 Å². The second kappa shape index (κ2) is 6.34. The normalized spacial score (nSPS) is 12.1. The van der Waals surface area contributed by atoms with Crippen LogP contribution < -0.4 is 0 Å². The highest BCUT2D eigenvalue weighted by molar-refractivity contribution is 7.12. The number of nitrogens with zero attached hydrogens (tertiary/aromatic N) is 2. The van der Waals surface area contributed by atoms with Crippen molar-refractivity contribution in [2.45, 2.75) is 26.9 Å². The van der Waals surface area contributed by atoms with Crippen molar-refractivity contribution in [3.63, 3.8) is 0 Å². The average molecular weight is 328 g/mol. The molecule has 0 radical (unpaired) electrons. The Hall–Kier alpha value is -2.47. The van der Waals surface area contributed by atoms with Crippen LogP contribution >= 0.6 is 11.3 Å². The number of rotatable bonds is 4. The highest BCUT2D eigenvalue weighted by Gasteiger charge is 2.21. The fraction of sp³-hybridized carbons (Fsp3) is 0.235. The molecule has 23 heavy (non-hydrogen) atoms. The summed E-state index contributed by atoms with van der Waals surface area (Å²) in [5.74, 6) is 0.312. The molecule has 0 unspecified atom stereocenters. The number of carbonyl (C=O) groups is 1. The maximum Gasteiger partial charge on any atom is 0.340 e. The topological polar surface area (TPSA) is 65.2 Å². The van der Waals surface area contributed by atoms with E-state index in [1.165, 1.54) is 0 Å². The summed E-state index contributed by atoms with van der Waals surface area (Å²) in [4.78, 5) is 14.2. The molecule has 2 aromatic heterocycles. The lowest BCUT2D eigenvalue weighted by atomic mass is 10.2. The average Bonchev–Trinajstić information content (AvgIpc) is 3.15. The van der Waals surface area contributed by atoms with E-state index in [0.717, 1.165) is 15.3 Å². The van der Waals surface area contributed by atoms with E-state index in [1.54, 1.807) is 18.3 Å². The zero-order valence-electron chi connectivity index (χ0n) is 13.1.